The lowest BCUT2D eigenvalue weighted by Gasteiger charge is -2.50. The van der Waals surface area contributed by atoms with Crippen molar-refractivity contribution in [1.29, 1.82) is 0 Å². The minimum Gasteiger partial charge on any atom is -0.375 e. The molecular formula is C12H25N3O. The zero-order chi connectivity index (χ0) is 11.6. The number of nitrogens with zero attached hydrogens (tertiary/aromatic N) is 1. The van der Waals surface area contributed by atoms with Gasteiger partial charge in [0.25, 0.3) is 0 Å². The van der Waals surface area contributed by atoms with Crippen LogP contribution in [0.5, 0.6) is 0 Å². The van der Waals surface area contributed by atoms with E-state index >= 15 is 0 Å². The molecule has 2 fully saturated rings. The third kappa shape index (κ3) is 2.74. The van der Waals surface area contributed by atoms with E-state index in [1.807, 2.05) is 0 Å². The molecule has 0 radical (unpaired) electrons. The first-order valence-electron chi connectivity index (χ1n) is 6.37. The molecule has 94 valence electrons. The van der Waals surface area contributed by atoms with Gasteiger partial charge in [-0.15, -0.1) is 0 Å². The van der Waals surface area contributed by atoms with Crippen LogP contribution >= 0.6 is 0 Å². The van der Waals surface area contributed by atoms with Gasteiger partial charge < -0.3 is 15.8 Å². The number of nitrogens with two attached hydrogens (primary N) is 1. The van der Waals surface area contributed by atoms with Crippen molar-refractivity contribution in [1.82, 2.24) is 10.2 Å². The highest BCUT2D eigenvalue weighted by molar-refractivity contribution is 5.01. The Labute approximate surface area is 98.5 Å². The van der Waals surface area contributed by atoms with Gasteiger partial charge in [0.2, 0.25) is 0 Å². The largest absolute Gasteiger partial charge is 0.375 e. The number of hydrogen-bond acceptors (Lipinski definition) is 4. The van der Waals surface area contributed by atoms with Crippen LogP contribution in [0.2, 0.25) is 0 Å². The molecule has 0 amide bonds. The minimum atomic E-state index is 0.0109. The van der Waals surface area contributed by atoms with Crippen LogP contribution in [0.3, 0.4) is 0 Å². The molecule has 4 nitrogen and oxygen atoms in total. The Morgan fingerprint density at radius 2 is 2.25 bits per heavy atom. The van der Waals surface area contributed by atoms with Crippen LogP contribution in [-0.4, -0.2) is 55.4 Å². The molecule has 2 aliphatic heterocycles. The van der Waals surface area contributed by atoms with Gasteiger partial charge in [-0.05, 0) is 26.7 Å². The van der Waals surface area contributed by atoms with Crippen molar-refractivity contribution in [3.63, 3.8) is 0 Å². The average molecular weight is 227 g/mol. The maximum absolute atomic E-state index is 5.80. The Bertz CT molecular complexity index is 238. The summed E-state index contributed by atoms with van der Waals surface area (Å²) < 4.78 is 5.80. The van der Waals surface area contributed by atoms with E-state index in [0.717, 1.165) is 52.2 Å². The molecule has 0 aliphatic carbocycles. The lowest BCUT2D eigenvalue weighted by molar-refractivity contribution is -0.0991. The van der Waals surface area contributed by atoms with E-state index in [1.54, 1.807) is 0 Å². The van der Waals surface area contributed by atoms with Crippen molar-refractivity contribution >= 4 is 0 Å². The molecule has 2 saturated heterocycles. The first-order chi connectivity index (χ1) is 7.55. The highest BCUT2D eigenvalue weighted by Crippen LogP contribution is 2.33. The predicted molar refractivity (Wildman–Crippen MR) is 65.5 cm³/mol. The van der Waals surface area contributed by atoms with Gasteiger partial charge in [0.05, 0.1) is 5.60 Å². The van der Waals surface area contributed by atoms with Crippen molar-refractivity contribution in [2.45, 2.75) is 37.8 Å². The Morgan fingerprint density at radius 1 is 1.44 bits per heavy atom. The van der Waals surface area contributed by atoms with Crippen LogP contribution in [0.1, 0.15) is 26.7 Å². The number of nitrogens with one attached hydrogen (secondary N) is 1. The molecule has 4 heteroatoms. The van der Waals surface area contributed by atoms with Gasteiger partial charge in [0.1, 0.15) is 0 Å². The smallest absolute Gasteiger partial charge is 0.0644 e. The lowest BCUT2D eigenvalue weighted by atomic mass is 9.80. The Morgan fingerprint density at radius 3 is 2.94 bits per heavy atom. The molecule has 16 heavy (non-hydrogen) atoms. The summed E-state index contributed by atoms with van der Waals surface area (Å²) in [6, 6.07) is 0. The molecule has 3 N–H and O–H groups in total. The molecule has 2 aliphatic rings. The van der Waals surface area contributed by atoms with Crippen molar-refractivity contribution in [2.75, 3.05) is 39.3 Å². The standard InChI is InChI=1S/C12H25N3O/c1-11(2)9-12(3-8-16-11)10-15(6-4-13)7-5-14-12/h14H,3-10,13H2,1-2H3. The molecule has 0 bridgehead atoms. The molecule has 1 spiro atoms. The second-order valence-corrected chi connectivity index (χ2v) is 5.81. The molecule has 0 aromatic heterocycles. The van der Waals surface area contributed by atoms with Crippen LogP contribution < -0.4 is 11.1 Å². The predicted octanol–water partition coefficient (Wildman–Crippen LogP) is 0.178. The highest BCUT2D eigenvalue weighted by Gasteiger charge is 2.42. The maximum Gasteiger partial charge on any atom is 0.0644 e. The van der Waals surface area contributed by atoms with Crippen LogP contribution in [-0.2, 0) is 4.74 Å². The quantitative estimate of drug-likeness (QED) is 0.706. The summed E-state index contributed by atoms with van der Waals surface area (Å²) in [6.07, 6.45) is 2.22. The van der Waals surface area contributed by atoms with E-state index in [2.05, 4.69) is 24.1 Å². The SMILES string of the molecule is CC1(C)CC2(CCO1)CN(CCN)CCN2. The minimum absolute atomic E-state index is 0.0109. The van der Waals surface area contributed by atoms with E-state index in [1.165, 1.54) is 0 Å². The summed E-state index contributed by atoms with van der Waals surface area (Å²) in [5.41, 5.74) is 5.91. The molecule has 2 rings (SSSR count). The third-order valence-corrected chi connectivity index (χ3v) is 3.74. The lowest BCUT2D eigenvalue weighted by Crippen LogP contribution is -2.65. The summed E-state index contributed by atoms with van der Waals surface area (Å²) in [6.45, 7) is 10.4. The van der Waals surface area contributed by atoms with Gasteiger partial charge in [0, 0.05) is 44.9 Å². The summed E-state index contributed by atoms with van der Waals surface area (Å²) in [4.78, 5) is 2.48. The number of hydrogen-bond donors (Lipinski definition) is 2. The first-order valence-corrected chi connectivity index (χ1v) is 6.37. The zero-order valence-electron chi connectivity index (χ0n) is 10.6. The van der Waals surface area contributed by atoms with Crippen LogP contribution in [0.25, 0.3) is 0 Å². The second-order valence-electron chi connectivity index (χ2n) is 5.81. The summed E-state index contributed by atoms with van der Waals surface area (Å²) in [5.74, 6) is 0. The second kappa shape index (κ2) is 4.61. The zero-order valence-corrected chi connectivity index (χ0v) is 10.6. The van der Waals surface area contributed by atoms with Crippen LogP contribution in [0.15, 0.2) is 0 Å². The normalized spacial score (nSPS) is 35.4. The fraction of sp³-hybridized carbons (Fsp3) is 1.00. The fourth-order valence-corrected chi connectivity index (χ4v) is 3.18. The Balaban J connectivity index is 2.00. The summed E-state index contributed by atoms with van der Waals surface area (Å²) in [5, 5.41) is 3.72. The van der Waals surface area contributed by atoms with E-state index < -0.39 is 0 Å². The first kappa shape index (κ1) is 12.3. The molecule has 2 heterocycles. The van der Waals surface area contributed by atoms with E-state index in [0.29, 0.717) is 0 Å². The van der Waals surface area contributed by atoms with Gasteiger partial charge in [-0.1, -0.05) is 0 Å². The fourth-order valence-electron chi connectivity index (χ4n) is 3.18. The third-order valence-electron chi connectivity index (χ3n) is 3.74. The molecule has 1 unspecified atom stereocenters. The van der Waals surface area contributed by atoms with E-state index in [9.17, 15) is 0 Å². The van der Waals surface area contributed by atoms with Crippen LogP contribution in [0.4, 0.5) is 0 Å². The molecule has 0 aromatic carbocycles. The van der Waals surface area contributed by atoms with Crippen LogP contribution in [0, 0.1) is 0 Å². The van der Waals surface area contributed by atoms with Crippen molar-refractivity contribution in [2.24, 2.45) is 5.73 Å². The highest BCUT2D eigenvalue weighted by atomic mass is 16.5. The molecule has 0 saturated carbocycles. The summed E-state index contributed by atoms with van der Waals surface area (Å²) >= 11 is 0. The molecule has 0 aromatic rings. The van der Waals surface area contributed by atoms with Gasteiger partial charge in [-0.2, -0.15) is 0 Å². The van der Waals surface area contributed by atoms with Crippen molar-refractivity contribution in [3.05, 3.63) is 0 Å². The number of piperazine rings is 1. The molecular weight excluding hydrogens is 202 g/mol. The Hall–Kier alpha value is -0.160. The van der Waals surface area contributed by atoms with E-state index in [4.69, 9.17) is 10.5 Å². The van der Waals surface area contributed by atoms with Gasteiger partial charge in [-0.3, -0.25) is 4.90 Å². The van der Waals surface area contributed by atoms with Gasteiger partial charge in [0.15, 0.2) is 0 Å². The number of rotatable bonds is 2. The van der Waals surface area contributed by atoms with Crippen molar-refractivity contribution in [3.8, 4) is 0 Å². The van der Waals surface area contributed by atoms with E-state index in [-0.39, 0.29) is 11.1 Å². The monoisotopic (exact) mass is 227 g/mol. The Kier molecular flexibility index (Phi) is 3.54. The molecule has 1 atom stereocenters. The van der Waals surface area contributed by atoms with Gasteiger partial charge in [-0.25, -0.2) is 0 Å². The van der Waals surface area contributed by atoms with Crippen molar-refractivity contribution < 1.29 is 4.74 Å². The average Bonchev–Trinajstić information content (AvgIpc) is 2.16. The number of ether oxygens (including phenoxy) is 1. The summed E-state index contributed by atoms with van der Waals surface area (Å²) in [7, 11) is 0. The topological polar surface area (TPSA) is 50.5 Å². The van der Waals surface area contributed by atoms with Gasteiger partial charge >= 0.3 is 0 Å². The maximum atomic E-state index is 5.80.